The number of hydrogen-bond acceptors (Lipinski definition) is 2. The summed E-state index contributed by atoms with van der Waals surface area (Å²) < 4.78 is 0. The van der Waals surface area contributed by atoms with Crippen molar-refractivity contribution in [2.45, 2.75) is 18.9 Å². The molecular weight excluding hydrogens is 138 g/mol. The lowest BCUT2D eigenvalue weighted by atomic mass is 10.0. The Kier molecular flexibility index (Phi) is 1.72. The van der Waals surface area contributed by atoms with Crippen molar-refractivity contribution in [3.63, 3.8) is 0 Å². The molecule has 1 atom stereocenters. The maximum Gasteiger partial charge on any atom is 0.0732 e. The Bertz CT molecular complexity index is 114. The van der Waals surface area contributed by atoms with E-state index in [1.165, 1.54) is 12.8 Å². The minimum atomic E-state index is -0.0394. The molecule has 1 aliphatic heterocycles. The third kappa shape index (κ3) is 0.955. The maximum atomic E-state index is 9.26. The van der Waals surface area contributed by atoms with Crippen molar-refractivity contribution < 1.29 is 5.11 Å². The fourth-order valence-corrected chi connectivity index (χ4v) is 1.46. The second kappa shape index (κ2) is 2.11. The van der Waals surface area contributed by atoms with E-state index in [1.54, 1.807) is 0 Å². The number of halogens is 1. The van der Waals surface area contributed by atoms with Gasteiger partial charge in [0.25, 0.3) is 0 Å². The van der Waals surface area contributed by atoms with Crippen LogP contribution in [0, 0.1) is 5.41 Å². The summed E-state index contributed by atoms with van der Waals surface area (Å²) in [4.78, 5) is 0. The van der Waals surface area contributed by atoms with Crippen molar-refractivity contribution in [1.82, 2.24) is 5.32 Å². The van der Waals surface area contributed by atoms with Crippen molar-refractivity contribution >= 4 is 12.4 Å². The molecule has 2 nitrogen and oxygen atoms in total. The smallest absolute Gasteiger partial charge is 0.0732 e. The Morgan fingerprint density at radius 1 is 1.44 bits per heavy atom. The normalized spacial score (nSPS) is 36.3. The van der Waals surface area contributed by atoms with E-state index in [1.807, 2.05) is 0 Å². The van der Waals surface area contributed by atoms with E-state index in [0.29, 0.717) is 5.41 Å². The van der Waals surface area contributed by atoms with Crippen LogP contribution in [-0.2, 0) is 0 Å². The molecule has 1 heterocycles. The lowest BCUT2D eigenvalue weighted by molar-refractivity contribution is 0.135. The van der Waals surface area contributed by atoms with E-state index in [2.05, 4.69) is 5.32 Å². The third-order valence-electron chi connectivity index (χ3n) is 2.41. The summed E-state index contributed by atoms with van der Waals surface area (Å²) in [6, 6.07) is 0. The molecule has 9 heavy (non-hydrogen) atoms. The van der Waals surface area contributed by atoms with Crippen molar-refractivity contribution in [2.75, 3.05) is 13.1 Å². The molecule has 1 aliphatic carbocycles. The minimum absolute atomic E-state index is 0. The topological polar surface area (TPSA) is 32.3 Å². The molecule has 0 amide bonds. The Morgan fingerprint density at radius 2 is 2.11 bits per heavy atom. The Balaban J connectivity index is 0.000000405. The summed E-state index contributed by atoms with van der Waals surface area (Å²) in [5.41, 5.74) is 0.347. The van der Waals surface area contributed by atoms with Gasteiger partial charge in [-0.05, 0) is 12.8 Å². The highest BCUT2D eigenvalue weighted by atomic mass is 35.5. The summed E-state index contributed by atoms with van der Waals surface area (Å²) in [7, 11) is 0. The van der Waals surface area contributed by atoms with Gasteiger partial charge in [-0.2, -0.15) is 0 Å². The van der Waals surface area contributed by atoms with Gasteiger partial charge in [0.15, 0.2) is 0 Å². The second-order valence-corrected chi connectivity index (χ2v) is 3.01. The van der Waals surface area contributed by atoms with Crippen LogP contribution in [0.2, 0.25) is 0 Å². The highest BCUT2D eigenvalue weighted by Crippen LogP contribution is 2.50. The van der Waals surface area contributed by atoms with Crippen LogP contribution >= 0.6 is 12.4 Å². The van der Waals surface area contributed by atoms with Crippen LogP contribution < -0.4 is 5.32 Å². The molecule has 0 aromatic rings. The van der Waals surface area contributed by atoms with Gasteiger partial charge in [-0.3, -0.25) is 0 Å². The molecule has 2 N–H and O–H groups in total. The highest BCUT2D eigenvalue weighted by Gasteiger charge is 2.51. The summed E-state index contributed by atoms with van der Waals surface area (Å²) in [6.45, 7) is 1.87. The molecule has 1 unspecified atom stereocenters. The zero-order valence-electron chi connectivity index (χ0n) is 5.26. The zero-order chi connectivity index (χ0) is 5.61. The standard InChI is InChI=1S/C6H11NO.ClH/c8-5-3-7-4-6(5)1-2-6;/h5,7-8H,1-4H2;1H. The number of aliphatic hydroxyl groups is 1. The predicted octanol–water partition coefficient (Wildman–Crippen LogP) is 0.152. The molecule has 0 bridgehead atoms. The van der Waals surface area contributed by atoms with Crippen LogP contribution in [0.5, 0.6) is 0 Å². The van der Waals surface area contributed by atoms with E-state index < -0.39 is 0 Å². The largest absolute Gasteiger partial charge is 0.391 e. The van der Waals surface area contributed by atoms with E-state index in [4.69, 9.17) is 0 Å². The van der Waals surface area contributed by atoms with Crippen LogP contribution in [0.25, 0.3) is 0 Å². The zero-order valence-corrected chi connectivity index (χ0v) is 6.08. The molecule has 2 rings (SSSR count). The van der Waals surface area contributed by atoms with Gasteiger partial charge >= 0.3 is 0 Å². The van der Waals surface area contributed by atoms with Gasteiger partial charge < -0.3 is 10.4 Å². The molecule has 3 heteroatoms. The van der Waals surface area contributed by atoms with Gasteiger partial charge in [-0.25, -0.2) is 0 Å². The van der Waals surface area contributed by atoms with Gasteiger partial charge in [-0.15, -0.1) is 12.4 Å². The van der Waals surface area contributed by atoms with Crippen LogP contribution in [0.15, 0.2) is 0 Å². The van der Waals surface area contributed by atoms with Crippen molar-refractivity contribution in [3.8, 4) is 0 Å². The molecule has 1 saturated heterocycles. The van der Waals surface area contributed by atoms with Gasteiger partial charge in [0.05, 0.1) is 6.10 Å². The molecule has 0 radical (unpaired) electrons. The van der Waals surface area contributed by atoms with Gasteiger partial charge in [0.2, 0.25) is 0 Å². The Labute approximate surface area is 61.0 Å². The lowest BCUT2D eigenvalue weighted by Crippen LogP contribution is -2.18. The van der Waals surface area contributed by atoms with Crippen molar-refractivity contribution in [2.24, 2.45) is 5.41 Å². The average Bonchev–Trinajstić information content (AvgIpc) is 2.39. The first-order valence-corrected chi connectivity index (χ1v) is 3.22. The summed E-state index contributed by atoms with van der Waals surface area (Å²) in [5, 5.41) is 12.4. The molecule has 1 spiro atoms. The van der Waals surface area contributed by atoms with Crippen LogP contribution in [0.1, 0.15) is 12.8 Å². The molecule has 54 valence electrons. The lowest BCUT2D eigenvalue weighted by Gasteiger charge is -2.07. The monoisotopic (exact) mass is 149 g/mol. The average molecular weight is 150 g/mol. The fourth-order valence-electron chi connectivity index (χ4n) is 1.46. The molecule has 0 aromatic carbocycles. The van der Waals surface area contributed by atoms with E-state index in [9.17, 15) is 5.11 Å². The highest BCUT2D eigenvalue weighted by molar-refractivity contribution is 5.85. The first-order chi connectivity index (χ1) is 3.83. The number of rotatable bonds is 0. The van der Waals surface area contributed by atoms with E-state index in [0.717, 1.165) is 13.1 Å². The SMILES string of the molecule is Cl.OC1CNCC12CC2. The molecule has 2 fully saturated rings. The maximum absolute atomic E-state index is 9.26. The van der Waals surface area contributed by atoms with Crippen LogP contribution in [0.4, 0.5) is 0 Å². The summed E-state index contributed by atoms with van der Waals surface area (Å²) in [6.07, 6.45) is 2.44. The molecular formula is C6H12ClNO. The molecule has 2 aliphatic rings. The number of aliphatic hydroxyl groups excluding tert-OH is 1. The number of β-amino-alcohol motifs (C(OH)–C–C–N with tert-alkyl or cyclic N) is 1. The summed E-state index contributed by atoms with van der Waals surface area (Å²) >= 11 is 0. The second-order valence-electron chi connectivity index (χ2n) is 3.01. The van der Waals surface area contributed by atoms with E-state index in [-0.39, 0.29) is 18.5 Å². The van der Waals surface area contributed by atoms with Crippen molar-refractivity contribution in [3.05, 3.63) is 0 Å². The van der Waals surface area contributed by atoms with Crippen LogP contribution in [-0.4, -0.2) is 24.3 Å². The van der Waals surface area contributed by atoms with Crippen LogP contribution in [0.3, 0.4) is 0 Å². The Morgan fingerprint density at radius 3 is 2.33 bits per heavy atom. The minimum Gasteiger partial charge on any atom is -0.391 e. The fraction of sp³-hybridized carbons (Fsp3) is 1.00. The molecule has 0 aromatic heterocycles. The molecule has 1 saturated carbocycles. The van der Waals surface area contributed by atoms with Gasteiger partial charge in [0, 0.05) is 18.5 Å². The number of nitrogens with one attached hydrogen (secondary N) is 1. The first-order valence-electron chi connectivity index (χ1n) is 3.22. The third-order valence-corrected chi connectivity index (χ3v) is 2.41. The predicted molar refractivity (Wildman–Crippen MR) is 37.8 cm³/mol. The van der Waals surface area contributed by atoms with E-state index >= 15 is 0 Å². The number of hydrogen-bond donors (Lipinski definition) is 2. The Hall–Kier alpha value is 0.210. The summed E-state index contributed by atoms with van der Waals surface area (Å²) in [5.74, 6) is 0. The van der Waals surface area contributed by atoms with Crippen molar-refractivity contribution in [1.29, 1.82) is 0 Å². The first kappa shape index (κ1) is 7.32. The quantitative estimate of drug-likeness (QED) is 0.514. The van der Waals surface area contributed by atoms with Gasteiger partial charge in [-0.1, -0.05) is 0 Å². The van der Waals surface area contributed by atoms with Gasteiger partial charge in [0.1, 0.15) is 0 Å².